The van der Waals surface area contributed by atoms with Crippen LogP contribution in [0.15, 0.2) is 83.7 Å². The van der Waals surface area contributed by atoms with E-state index >= 15 is 0 Å². The van der Waals surface area contributed by atoms with Gasteiger partial charge in [-0.1, -0.05) is 24.3 Å². The van der Waals surface area contributed by atoms with Crippen molar-refractivity contribution >= 4 is 22.3 Å². The fourth-order valence-corrected chi connectivity index (χ4v) is 3.97. The van der Waals surface area contributed by atoms with E-state index in [0.717, 1.165) is 29.1 Å². The van der Waals surface area contributed by atoms with Gasteiger partial charge in [0, 0.05) is 34.9 Å². The molecule has 0 amide bonds. The van der Waals surface area contributed by atoms with Gasteiger partial charge in [0.2, 0.25) is 0 Å². The van der Waals surface area contributed by atoms with Gasteiger partial charge >= 0.3 is 0 Å². The first-order valence-electron chi connectivity index (χ1n) is 12.3. The Hall–Kier alpha value is -3.85. The van der Waals surface area contributed by atoms with Crippen LogP contribution in [0.2, 0.25) is 0 Å². The van der Waals surface area contributed by atoms with E-state index in [1.807, 2.05) is 50.2 Å². The van der Waals surface area contributed by atoms with E-state index in [-0.39, 0.29) is 23.4 Å². The van der Waals surface area contributed by atoms with Crippen LogP contribution in [-0.2, 0) is 6.42 Å². The average molecular weight is 503 g/mol. The van der Waals surface area contributed by atoms with E-state index in [2.05, 4.69) is 22.8 Å². The molecule has 8 heteroatoms. The summed E-state index contributed by atoms with van der Waals surface area (Å²) in [5.74, 6) is 0.738. The molecule has 0 fully saturated rings. The highest BCUT2D eigenvalue weighted by atomic mass is 16.5. The minimum Gasteiger partial charge on any atom is -0.506 e. The molecule has 37 heavy (non-hydrogen) atoms. The number of para-hydroxylation sites is 1. The van der Waals surface area contributed by atoms with Gasteiger partial charge in [0.15, 0.2) is 0 Å². The Bertz CT molecular complexity index is 1380. The highest BCUT2D eigenvalue weighted by Gasteiger charge is 2.14. The first-order chi connectivity index (χ1) is 17.7. The number of rotatable bonds is 11. The van der Waals surface area contributed by atoms with Crippen molar-refractivity contribution in [3.8, 4) is 11.5 Å². The molecular weight excluding hydrogens is 468 g/mol. The van der Waals surface area contributed by atoms with Gasteiger partial charge in [-0.3, -0.25) is 9.36 Å². The second-order valence-corrected chi connectivity index (χ2v) is 9.81. The lowest BCUT2D eigenvalue weighted by Crippen LogP contribution is -2.38. The lowest BCUT2D eigenvalue weighted by atomic mass is 10.1. The molecule has 0 aliphatic rings. The molecule has 8 nitrogen and oxygen atoms in total. The zero-order valence-corrected chi connectivity index (χ0v) is 21.1. The van der Waals surface area contributed by atoms with Crippen LogP contribution < -0.4 is 26.7 Å². The minimum absolute atomic E-state index is 0.0390. The second-order valence-electron chi connectivity index (χ2n) is 9.81. The Morgan fingerprint density at radius 3 is 2.32 bits per heavy atom. The minimum atomic E-state index is -1.10. The van der Waals surface area contributed by atoms with Gasteiger partial charge < -0.3 is 31.3 Å². The largest absolute Gasteiger partial charge is 0.506 e. The molecule has 0 aliphatic carbocycles. The van der Waals surface area contributed by atoms with Crippen molar-refractivity contribution in [2.24, 2.45) is 5.73 Å². The number of fused-ring (bicyclic) bond motifs is 1. The molecule has 3 aromatic carbocycles. The smallest absolute Gasteiger partial charge is 0.253 e. The fourth-order valence-electron chi connectivity index (χ4n) is 3.97. The van der Waals surface area contributed by atoms with E-state index in [4.69, 9.17) is 10.5 Å². The van der Waals surface area contributed by atoms with Crippen LogP contribution in [0.3, 0.4) is 0 Å². The molecule has 0 radical (unpaired) electrons. The molecule has 0 bridgehead atoms. The number of phenols is 1. The van der Waals surface area contributed by atoms with Crippen molar-refractivity contribution in [3.63, 3.8) is 0 Å². The van der Waals surface area contributed by atoms with Crippen molar-refractivity contribution in [1.82, 2.24) is 9.88 Å². The van der Waals surface area contributed by atoms with Gasteiger partial charge in [0.05, 0.1) is 5.52 Å². The van der Waals surface area contributed by atoms with Crippen molar-refractivity contribution < 1.29 is 14.9 Å². The number of nitrogens with two attached hydrogens (primary N) is 1. The second kappa shape index (κ2) is 11.5. The number of pyridine rings is 1. The Balaban J connectivity index is 1.26. The lowest BCUT2D eigenvalue weighted by molar-refractivity contribution is 0.104. The van der Waals surface area contributed by atoms with Crippen molar-refractivity contribution in [2.45, 2.75) is 32.0 Å². The molecule has 0 aliphatic heterocycles. The molecule has 194 valence electrons. The number of hydrogen-bond acceptors (Lipinski definition) is 7. The first-order valence-corrected chi connectivity index (χ1v) is 12.3. The quantitative estimate of drug-likeness (QED) is 0.197. The van der Waals surface area contributed by atoms with Crippen LogP contribution in [0.5, 0.6) is 11.5 Å². The average Bonchev–Trinajstić information content (AvgIpc) is 2.87. The van der Waals surface area contributed by atoms with Gasteiger partial charge in [-0.25, -0.2) is 0 Å². The monoisotopic (exact) mass is 502 g/mol. The van der Waals surface area contributed by atoms with E-state index < -0.39 is 6.23 Å². The normalized spacial score (nSPS) is 12.4. The lowest BCUT2D eigenvalue weighted by Gasteiger charge is -2.19. The number of aromatic hydroxyl groups is 1. The number of hydrogen-bond donors (Lipinski definition) is 5. The van der Waals surface area contributed by atoms with Gasteiger partial charge in [-0.15, -0.1) is 0 Å². The van der Waals surface area contributed by atoms with Gasteiger partial charge in [-0.2, -0.15) is 0 Å². The number of aliphatic hydroxyl groups is 1. The highest BCUT2D eigenvalue weighted by Crippen LogP contribution is 2.24. The Kier molecular flexibility index (Phi) is 8.13. The van der Waals surface area contributed by atoms with Crippen molar-refractivity contribution in [2.75, 3.05) is 25.0 Å². The first kappa shape index (κ1) is 26.2. The molecule has 4 rings (SSSR count). The summed E-state index contributed by atoms with van der Waals surface area (Å²) in [5, 5.41) is 28.1. The number of benzene rings is 3. The van der Waals surface area contributed by atoms with Crippen LogP contribution in [-0.4, -0.2) is 40.0 Å². The number of aliphatic hydroxyl groups excluding tert-OH is 1. The van der Waals surface area contributed by atoms with Crippen LogP contribution in [0.25, 0.3) is 10.9 Å². The summed E-state index contributed by atoms with van der Waals surface area (Å²) in [7, 11) is 0. The third-order valence-electron chi connectivity index (χ3n) is 5.85. The summed E-state index contributed by atoms with van der Waals surface area (Å²) in [6.45, 7) is 5.09. The van der Waals surface area contributed by atoms with Gasteiger partial charge in [-0.05, 0) is 80.9 Å². The zero-order valence-electron chi connectivity index (χ0n) is 21.1. The number of aromatic nitrogens is 1. The molecule has 0 spiro atoms. The van der Waals surface area contributed by atoms with E-state index in [9.17, 15) is 15.0 Å². The fraction of sp³-hybridized carbons (Fsp3) is 0.276. The summed E-state index contributed by atoms with van der Waals surface area (Å²) in [4.78, 5) is 12.4. The molecule has 1 aromatic heterocycles. The number of anilines is 2. The number of nitrogens with zero attached hydrogens (tertiary/aromatic N) is 1. The molecular formula is C29H34N4O4. The van der Waals surface area contributed by atoms with Crippen molar-refractivity contribution in [3.05, 3.63) is 94.8 Å². The summed E-state index contributed by atoms with van der Waals surface area (Å²) in [5.41, 5.74) is 8.60. The Morgan fingerprint density at radius 2 is 1.65 bits per heavy atom. The maximum atomic E-state index is 12.4. The number of nitrogens with one attached hydrogen (secondary N) is 2. The van der Waals surface area contributed by atoms with E-state index in [0.29, 0.717) is 24.1 Å². The van der Waals surface area contributed by atoms with Crippen molar-refractivity contribution in [1.29, 1.82) is 0 Å². The van der Waals surface area contributed by atoms with Crippen LogP contribution in [0.1, 0.15) is 25.6 Å². The molecule has 6 N–H and O–H groups in total. The standard InChI is InChI=1S/C29H34N4O4/c1-29(2,30)19-37-24-13-11-23(12-14-24)32-22-9-6-20(7-10-22)16-17-31-18-27(36)33-26(35)15-8-21-4-3-5-25(34)28(21)33/h3-15,27,31-32,34,36H,16-19,30H2,1-2H3/t27-/m1/s1. The molecule has 0 saturated carbocycles. The highest BCUT2D eigenvalue weighted by molar-refractivity contribution is 5.84. The van der Waals surface area contributed by atoms with E-state index in [1.54, 1.807) is 18.2 Å². The van der Waals surface area contributed by atoms with Crippen LogP contribution in [0.4, 0.5) is 11.4 Å². The summed E-state index contributed by atoms with van der Waals surface area (Å²) < 4.78 is 6.92. The molecule has 1 atom stereocenters. The van der Waals surface area contributed by atoms with Crippen LogP contribution >= 0.6 is 0 Å². The summed E-state index contributed by atoms with van der Waals surface area (Å²) >= 11 is 0. The number of ether oxygens (including phenoxy) is 1. The Morgan fingerprint density at radius 1 is 0.973 bits per heavy atom. The molecule has 4 aromatic rings. The third kappa shape index (κ3) is 7.10. The van der Waals surface area contributed by atoms with Gasteiger partial charge in [0.1, 0.15) is 24.3 Å². The molecule has 1 heterocycles. The predicted molar refractivity (Wildman–Crippen MR) is 148 cm³/mol. The maximum Gasteiger partial charge on any atom is 0.253 e. The van der Waals surface area contributed by atoms with Crippen LogP contribution in [0, 0.1) is 0 Å². The number of phenolic OH excluding ortho intramolecular Hbond substituents is 1. The summed E-state index contributed by atoms with van der Waals surface area (Å²) in [6.07, 6.45) is -0.346. The SMILES string of the molecule is CC(C)(N)COc1ccc(Nc2ccc(CCNC[C@@H](O)n3c(=O)ccc4cccc(O)c43)cc2)cc1. The summed E-state index contributed by atoms with van der Waals surface area (Å²) in [6, 6.07) is 23.9. The maximum absolute atomic E-state index is 12.4. The third-order valence-corrected chi connectivity index (χ3v) is 5.85. The molecule has 0 unspecified atom stereocenters. The Labute approximate surface area is 216 Å². The topological polar surface area (TPSA) is 122 Å². The molecule has 0 saturated heterocycles. The van der Waals surface area contributed by atoms with E-state index in [1.165, 1.54) is 16.7 Å². The predicted octanol–water partition coefficient (Wildman–Crippen LogP) is 3.89. The zero-order chi connectivity index (χ0) is 26.4. The van der Waals surface area contributed by atoms with Gasteiger partial charge in [0.25, 0.3) is 5.56 Å².